The van der Waals surface area contributed by atoms with Gasteiger partial charge in [0.2, 0.25) is 9.76 Å². The number of benzene rings is 2. The molecule has 2 aromatic carbocycles. The van der Waals surface area contributed by atoms with Crippen LogP contribution in [0.3, 0.4) is 0 Å². The molecule has 208 valence electrons. The van der Waals surface area contributed by atoms with Crippen LogP contribution in [0.2, 0.25) is 5.04 Å². The van der Waals surface area contributed by atoms with E-state index in [1.54, 1.807) is 0 Å². The molecule has 39 heavy (non-hydrogen) atoms. The van der Waals surface area contributed by atoms with Gasteiger partial charge in [0.1, 0.15) is 35.9 Å². The van der Waals surface area contributed by atoms with Crippen molar-refractivity contribution in [2.24, 2.45) is 0 Å². The molecule has 8 heteroatoms. The second kappa shape index (κ2) is 9.55. The molecule has 2 radical (unpaired) electrons. The van der Waals surface area contributed by atoms with Crippen LogP contribution in [0.5, 0.6) is 5.75 Å². The van der Waals surface area contributed by atoms with Gasteiger partial charge in [0.25, 0.3) is 0 Å². The number of fused-ring (bicyclic) bond motifs is 4. The quantitative estimate of drug-likeness (QED) is 0.267. The molecular weight excluding hydrogens is 576 g/mol. The van der Waals surface area contributed by atoms with Crippen LogP contribution < -0.4 is 4.74 Å². The molecule has 0 unspecified atom stereocenters. The second-order valence-corrected chi connectivity index (χ2v) is 15.9. The van der Waals surface area contributed by atoms with Crippen LogP contribution in [-0.4, -0.2) is 45.7 Å². The summed E-state index contributed by atoms with van der Waals surface area (Å²) in [5.74, 6) is 0.568. The topological polar surface area (TPSA) is 67.1 Å². The van der Waals surface area contributed by atoms with E-state index in [9.17, 15) is 4.79 Å². The standard InChI is InChI=1S/C31H37BrO6Si/c1-28(2,3)39-38-30(6,7)26-23(36-31(8,9)37-26)16-34-18-11-13-19-21(15-18)29(4,5)27-24(25(19)33)20-12-10-17(32)14-22(20)35-27/h10-15,23,26H,16H2,1-9H3/t23-,26-/m1/s1. The van der Waals surface area contributed by atoms with Gasteiger partial charge in [0.15, 0.2) is 11.6 Å². The van der Waals surface area contributed by atoms with Crippen LogP contribution >= 0.6 is 15.9 Å². The van der Waals surface area contributed by atoms with Gasteiger partial charge in [-0.2, -0.15) is 0 Å². The minimum absolute atomic E-state index is 0.0279. The summed E-state index contributed by atoms with van der Waals surface area (Å²) >= 11 is 3.50. The molecule has 1 aliphatic heterocycles. The predicted octanol–water partition coefficient (Wildman–Crippen LogP) is 7.60. The highest BCUT2D eigenvalue weighted by atomic mass is 79.9. The highest BCUT2D eigenvalue weighted by Crippen LogP contribution is 2.46. The summed E-state index contributed by atoms with van der Waals surface area (Å²) in [6, 6.07) is 11.5. The average molecular weight is 614 g/mol. The monoisotopic (exact) mass is 612 g/mol. The van der Waals surface area contributed by atoms with Crippen LogP contribution in [-0.2, 0) is 19.3 Å². The summed E-state index contributed by atoms with van der Waals surface area (Å²) in [6.45, 7) is 18.9. The fourth-order valence-corrected chi connectivity index (χ4v) is 6.41. The maximum absolute atomic E-state index is 13.6. The van der Waals surface area contributed by atoms with Gasteiger partial charge in [-0.15, -0.1) is 0 Å². The third-order valence-corrected chi connectivity index (χ3v) is 8.99. The maximum atomic E-state index is 13.6. The molecule has 0 amide bonds. The predicted molar refractivity (Wildman–Crippen MR) is 156 cm³/mol. The van der Waals surface area contributed by atoms with Gasteiger partial charge < -0.3 is 23.1 Å². The molecule has 1 saturated heterocycles. The Kier molecular flexibility index (Phi) is 6.99. The fraction of sp³-hybridized carbons (Fsp3) is 0.516. The Morgan fingerprint density at radius 3 is 2.41 bits per heavy atom. The van der Waals surface area contributed by atoms with Gasteiger partial charge in [0.05, 0.1) is 11.2 Å². The zero-order valence-electron chi connectivity index (χ0n) is 24.2. The first kappa shape index (κ1) is 28.6. The summed E-state index contributed by atoms with van der Waals surface area (Å²) in [5, 5.41) is 0.892. The number of furan rings is 1. The van der Waals surface area contributed by atoms with Crippen LogP contribution in [0.25, 0.3) is 11.0 Å². The van der Waals surface area contributed by atoms with E-state index in [0.717, 1.165) is 15.4 Å². The number of hydrogen-bond acceptors (Lipinski definition) is 6. The summed E-state index contributed by atoms with van der Waals surface area (Å²) in [5.41, 5.74) is 1.80. The van der Waals surface area contributed by atoms with Crippen molar-refractivity contribution in [3.05, 3.63) is 63.3 Å². The smallest absolute Gasteiger partial charge is 0.236 e. The van der Waals surface area contributed by atoms with Crippen molar-refractivity contribution >= 4 is 42.4 Å². The van der Waals surface area contributed by atoms with E-state index in [1.807, 2.05) is 64.1 Å². The molecule has 0 saturated carbocycles. The number of hydrogen-bond donors (Lipinski definition) is 0. The van der Waals surface area contributed by atoms with Crippen molar-refractivity contribution in [3.8, 4) is 5.75 Å². The molecule has 3 aromatic rings. The van der Waals surface area contributed by atoms with Crippen LogP contribution in [0.15, 0.2) is 45.3 Å². The van der Waals surface area contributed by atoms with Gasteiger partial charge in [-0.05, 0) is 88.5 Å². The van der Waals surface area contributed by atoms with E-state index in [4.69, 9.17) is 23.1 Å². The number of ketones is 1. The van der Waals surface area contributed by atoms with E-state index < -0.39 is 16.8 Å². The number of carbonyl (C=O) groups is 1. The van der Waals surface area contributed by atoms with Gasteiger partial charge in [0, 0.05) is 20.8 Å². The summed E-state index contributed by atoms with van der Waals surface area (Å²) in [7, 11) is 0.321. The zero-order valence-corrected chi connectivity index (χ0v) is 26.7. The Morgan fingerprint density at radius 1 is 1.00 bits per heavy atom. The van der Waals surface area contributed by atoms with E-state index in [1.165, 1.54) is 0 Å². The van der Waals surface area contributed by atoms with Crippen molar-refractivity contribution in [2.75, 3.05) is 6.61 Å². The lowest BCUT2D eigenvalue weighted by atomic mass is 9.72. The largest absolute Gasteiger partial charge is 0.491 e. The Morgan fingerprint density at radius 2 is 1.72 bits per heavy atom. The molecule has 0 N–H and O–H groups in total. The molecular formula is C31H37BrO6Si. The minimum atomic E-state index is -0.749. The molecule has 1 aromatic heterocycles. The van der Waals surface area contributed by atoms with Crippen molar-refractivity contribution in [1.29, 1.82) is 0 Å². The first-order valence-electron chi connectivity index (χ1n) is 13.3. The van der Waals surface area contributed by atoms with Crippen molar-refractivity contribution < 1.29 is 27.8 Å². The normalized spacial score (nSPS) is 22.2. The summed E-state index contributed by atoms with van der Waals surface area (Å²) < 4.78 is 32.4. The van der Waals surface area contributed by atoms with E-state index in [-0.39, 0.29) is 29.6 Å². The van der Waals surface area contributed by atoms with E-state index >= 15 is 0 Å². The number of halogens is 1. The van der Waals surface area contributed by atoms with Crippen molar-refractivity contribution in [2.45, 2.75) is 96.4 Å². The Hall–Kier alpha value is -1.97. The molecule has 1 aliphatic carbocycles. The number of carbonyl (C=O) groups excluding carboxylic acids is 1. The fourth-order valence-electron chi connectivity index (χ4n) is 5.39. The molecule has 6 nitrogen and oxygen atoms in total. The molecule has 2 heterocycles. The highest BCUT2D eigenvalue weighted by Gasteiger charge is 2.50. The SMILES string of the molecule is CC1(C)O[C@@H](C(C)(C)O[Si]C(C)(C)C)[C@@H](COc2ccc3c(c2)C(C)(C)c2oc4cc(Br)ccc4c2C3=O)O1. The first-order chi connectivity index (χ1) is 18.0. The lowest BCUT2D eigenvalue weighted by molar-refractivity contribution is -0.162. The van der Waals surface area contributed by atoms with Crippen LogP contribution in [0.1, 0.15) is 89.6 Å². The molecule has 2 aliphatic rings. The zero-order chi connectivity index (χ0) is 28.5. The third-order valence-electron chi connectivity index (χ3n) is 7.26. The van der Waals surface area contributed by atoms with E-state index in [0.29, 0.717) is 38.0 Å². The maximum Gasteiger partial charge on any atom is 0.236 e. The van der Waals surface area contributed by atoms with Gasteiger partial charge >= 0.3 is 0 Å². The van der Waals surface area contributed by atoms with Gasteiger partial charge in [-0.3, -0.25) is 4.79 Å². The van der Waals surface area contributed by atoms with Crippen LogP contribution in [0.4, 0.5) is 0 Å². The summed E-state index contributed by atoms with van der Waals surface area (Å²) in [4.78, 5) is 13.6. The Bertz CT molecular complexity index is 1430. The number of ether oxygens (including phenoxy) is 3. The lowest BCUT2D eigenvalue weighted by Gasteiger charge is -2.36. The van der Waals surface area contributed by atoms with Crippen LogP contribution in [0, 0.1) is 0 Å². The van der Waals surface area contributed by atoms with Gasteiger partial charge in [-0.25, -0.2) is 0 Å². The molecule has 1 fully saturated rings. The first-order valence-corrected chi connectivity index (χ1v) is 15.0. The molecule has 0 spiro atoms. The molecule has 2 atom stereocenters. The lowest BCUT2D eigenvalue weighted by Crippen LogP contribution is -2.48. The summed E-state index contributed by atoms with van der Waals surface area (Å²) in [6.07, 6.45) is -0.638. The molecule has 0 bridgehead atoms. The molecule has 5 rings (SSSR count). The Labute approximate surface area is 241 Å². The van der Waals surface area contributed by atoms with Crippen molar-refractivity contribution in [3.63, 3.8) is 0 Å². The average Bonchev–Trinajstić information content (AvgIpc) is 3.37. The number of rotatable bonds is 6. The minimum Gasteiger partial charge on any atom is -0.491 e. The van der Waals surface area contributed by atoms with Gasteiger partial charge in [-0.1, -0.05) is 36.7 Å². The van der Waals surface area contributed by atoms with Crippen molar-refractivity contribution in [1.82, 2.24) is 0 Å². The third kappa shape index (κ3) is 5.38. The Balaban J connectivity index is 1.40. The second-order valence-electron chi connectivity index (χ2n) is 13.1. The highest BCUT2D eigenvalue weighted by molar-refractivity contribution is 9.10. The van der Waals surface area contributed by atoms with E-state index in [2.05, 4.69) is 50.5 Å².